The summed E-state index contributed by atoms with van der Waals surface area (Å²) in [4.78, 5) is 4.68. The molecule has 3 rings (SSSR count). The van der Waals surface area contributed by atoms with Crippen LogP contribution in [0, 0.1) is 13.8 Å². The van der Waals surface area contributed by atoms with Gasteiger partial charge in [0.2, 0.25) is 0 Å². The summed E-state index contributed by atoms with van der Waals surface area (Å²) in [5.74, 6) is 0. The number of hydrogen-bond donors (Lipinski definition) is 0. The molecule has 1 heterocycles. The molecule has 0 saturated heterocycles. The first-order valence-electron chi connectivity index (χ1n) is 6.51. The second-order valence-corrected chi connectivity index (χ2v) is 4.27. The van der Waals surface area contributed by atoms with Crippen molar-refractivity contribution in [3.63, 3.8) is 0 Å². The van der Waals surface area contributed by atoms with E-state index < -0.39 is 0 Å². The molecule has 0 unspecified atom stereocenters. The Morgan fingerprint density at radius 1 is 0.778 bits per heavy atom. The summed E-state index contributed by atoms with van der Waals surface area (Å²) in [6.45, 7) is 8.29. The summed E-state index contributed by atoms with van der Waals surface area (Å²) in [5.41, 5.74) is 4.77. The van der Waals surface area contributed by atoms with E-state index in [9.17, 15) is 0 Å². The van der Waals surface area contributed by atoms with Crippen LogP contribution in [-0.2, 0) is 0 Å². The molecule has 92 valence electrons. The lowest BCUT2D eigenvalue weighted by Crippen LogP contribution is -1.87. The fourth-order valence-corrected chi connectivity index (χ4v) is 2.21. The Balaban J connectivity index is 0.000000574. The predicted molar refractivity (Wildman–Crippen MR) is 80.1 cm³/mol. The van der Waals surface area contributed by atoms with Gasteiger partial charge in [-0.1, -0.05) is 43.7 Å². The van der Waals surface area contributed by atoms with Crippen LogP contribution in [0.3, 0.4) is 0 Å². The van der Waals surface area contributed by atoms with E-state index in [2.05, 4.69) is 55.2 Å². The molecule has 1 nitrogen and oxygen atoms in total. The number of aryl methyl sites for hydroxylation is 2. The molecule has 0 atom stereocenters. The van der Waals surface area contributed by atoms with Crippen molar-refractivity contribution in [3.05, 3.63) is 53.6 Å². The van der Waals surface area contributed by atoms with E-state index in [1.165, 1.54) is 21.9 Å². The van der Waals surface area contributed by atoms with Gasteiger partial charge in [-0.2, -0.15) is 0 Å². The lowest BCUT2D eigenvalue weighted by molar-refractivity contribution is 1.42. The van der Waals surface area contributed by atoms with Crippen LogP contribution in [0.2, 0.25) is 0 Å². The van der Waals surface area contributed by atoms with Crippen molar-refractivity contribution >= 4 is 21.8 Å². The third-order valence-electron chi connectivity index (χ3n) is 3.11. The number of fused-ring (bicyclic) bond motifs is 2. The van der Waals surface area contributed by atoms with Crippen molar-refractivity contribution in [1.29, 1.82) is 0 Å². The Morgan fingerprint density at radius 3 is 2.22 bits per heavy atom. The maximum Gasteiger partial charge on any atom is 0.0712 e. The minimum atomic E-state index is 1.08. The van der Waals surface area contributed by atoms with Gasteiger partial charge >= 0.3 is 0 Å². The zero-order chi connectivity index (χ0) is 13.1. The van der Waals surface area contributed by atoms with Gasteiger partial charge in [0.15, 0.2) is 0 Å². The number of nitrogens with zero attached hydrogens (tertiary/aromatic N) is 1. The molecule has 0 bridgehead atoms. The van der Waals surface area contributed by atoms with Gasteiger partial charge in [-0.3, -0.25) is 0 Å². The molecular weight excluding hydrogens is 218 g/mol. The summed E-state index contributed by atoms with van der Waals surface area (Å²) in [7, 11) is 0. The highest BCUT2D eigenvalue weighted by Crippen LogP contribution is 2.25. The Bertz CT molecular complexity index is 684. The lowest BCUT2D eigenvalue weighted by atomic mass is 10.0. The summed E-state index contributed by atoms with van der Waals surface area (Å²) in [5, 5.41) is 2.51. The molecule has 0 aliphatic carbocycles. The smallest absolute Gasteiger partial charge is 0.0712 e. The van der Waals surface area contributed by atoms with Crippen LogP contribution in [-0.4, -0.2) is 4.98 Å². The fourth-order valence-electron chi connectivity index (χ4n) is 2.21. The second-order valence-electron chi connectivity index (χ2n) is 4.27. The van der Waals surface area contributed by atoms with Gasteiger partial charge < -0.3 is 0 Å². The molecule has 3 aromatic rings. The average Bonchev–Trinajstić information content (AvgIpc) is 2.42. The number of rotatable bonds is 0. The van der Waals surface area contributed by atoms with Gasteiger partial charge in [-0.15, -0.1) is 0 Å². The number of aromatic nitrogens is 1. The highest BCUT2D eigenvalue weighted by molar-refractivity contribution is 5.97. The molecular formula is C17H19N. The van der Waals surface area contributed by atoms with Crippen molar-refractivity contribution in [2.75, 3.05) is 0 Å². The standard InChI is InChI=1S/C15H13N.C2H6/c1-10-7-8-15-13(9-10)11(2)12-5-3-4-6-14(12)16-15;1-2/h3-9H,1-2H3;1-2H3. The monoisotopic (exact) mass is 237 g/mol. The van der Waals surface area contributed by atoms with Gasteiger partial charge in [0, 0.05) is 10.8 Å². The Morgan fingerprint density at radius 2 is 1.44 bits per heavy atom. The quantitative estimate of drug-likeness (QED) is 0.500. The molecule has 0 aliphatic rings. The number of benzene rings is 2. The van der Waals surface area contributed by atoms with Crippen LogP contribution in [0.4, 0.5) is 0 Å². The Kier molecular flexibility index (Phi) is 3.61. The van der Waals surface area contributed by atoms with Crippen LogP contribution < -0.4 is 0 Å². The molecule has 0 saturated carbocycles. The Hall–Kier alpha value is -1.89. The van der Waals surface area contributed by atoms with E-state index in [-0.39, 0.29) is 0 Å². The van der Waals surface area contributed by atoms with E-state index in [1.54, 1.807) is 0 Å². The lowest BCUT2D eigenvalue weighted by Gasteiger charge is -2.07. The fraction of sp³-hybridized carbons (Fsp3) is 0.235. The predicted octanol–water partition coefficient (Wildman–Crippen LogP) is 5.03. The molecule has 0 fully saturated rings. The molecule has 0 radical (unpaired) electrons. The minimum absolute atomic E-state index is 1.08. The van der Waals surface area contributed by atoms with Crippen LogP contribution >= 0.6 is 0 Å². The van der Waals surface area contributed by atoms with Crippen molar-refractivity contribution < 1.29 is 0 Å². The van der Waals surface area contributed by atoms with Gasteiger partial charge in [0.25, 0.3) is 0 Å². The zero-order valence-electron chi connectivity index (χ0n) is 11.5. The summed E-state index contributed by atoms with van der Waals surface area (Å²) < 4.78 is 0. The molecule has 0 N–H and O–H groups in total. The second kappa shape index (κ2) is 5.18. The molecule has 0 spiro atoms. The molecule has 0 amide bonds. The van der Waals surface area contributed by atoms with Crippen molar-refractivity contribution in [3.8, 4) is 0 Å². The SMILES string of the molecule is CC.Cc1ccc2nc3ccccc3c(C)c2c1. The third kappa shape index (κ3) is 2.08. The van der Waals surface area contributed by atoms with Gasteiger partial charge in [0.1, 0.15) is 0 Å². The van der Waals surface area contributed by atoms with Gasteiger partial charge in [-0.25, -0.2) is 4.98 Å². The average molecular weight is 237 g/mol. The molecule has 1 heteroatoms. The Labute approximate surface area is 108 Å². The zero-order valence-corrected chi connectivity index (χ0v) is 11.5. The first-order chi connectivity index (χ1) is 8.75. The first kappa shape index (κ1) is 12.6. The van der Waals surface area contributed by atoms with Crippen molar-refractivity contribution in [2.45, 2.75) is 27.7 Å². The van der Waals surface area contributed by atoms with Crippen molar-refractivity contribution in [1.82, 2.24) is 4.98 Å². The molecule has 2 aromatic carbocycles. The summed E-state index contributed by atoms with van der Waals surface area (Å²) >= 11 is 0. The topological polar surface area (TPSA) is 12.9 Å². The summed E-state index contributed by atoms with van der Waals surface area (Å²) in [6, 6.07) is 14.7. The number of hydrogen-bond acceptors (Lipinski definition) is 1. The molecule has 0 aliphatic heterocycles. The highest BCUT2D eigenvalue weighted by Gasteiger charge is 2.04. The highest BCUT2D eigenvalue weighted by atomic mass is 14.7. The van der Waals surface area contributed by atoms with E-state index in [1.807, 2.05) is 19.9 Å². The van der Waals surface area contributed by atoms with Gasteiger partial charge in [0.05, 0.1) is 11.0 Å². The molecule has 1 aromatic heterocycles. The van der Waals surface area contributed by atoms with Crippen molar-refractivity contribution in [2.24, 2.45) is 0 Å². The third-order valence-corrected chi connectivity index (χ3v) is 3.11. The summed E-state index contributed by atoms with van der Waals surface area (Å²) in [6.07, 6.45) is 0. The normalized spacial score (nSPS) is 10.2. The van der Waals surface area contributed by atoms with Crippen LogP contribution in [0.1, 0.15) is 25.0 Å². The van der Waals surface area contributed by atoms with E-state index in [4.69, 9.17) is 0 Å². The van der Waals surface area contributed by atoms with Crippen LogP contribution in [0.25, 0.3) is 21.8 Å². The first-order valence-corrected chi connectivity index (χ1v) is 6.51. The van der Waals surface area contributed by atoms with Crippen LogP contribution in [0.15, 0.2) is 42.5 Å². The van der Waals surface area contributed by atoms with E-state index in [0.717, 1.165) is 11.0 Å². The largest absolute Gasteiger partial charge is 0.248 e. The maximum atomic E-state index is 4.68. The van der Waals surface area contributed by atoms with Crippen LogP contribution in [0.5, 0.6) is 0 Å². The van der Waals surface area contributed by atoms with Gasteiger partial charge in [-0.05, 0) is 37.6 Å². The number of pyridine rings is 1. The van der Waals surface area contributed by atoms with E-state index in [0.29, 0.717) is 0 Å². The minimum Gasteiger partial charge on any atom is -0.248 e. The number of para-hydroxylation sites is 1. The molecule has 18 heavy (non-hydrogen) atoms. The van der Waals surface area contributed by atoms with E-state index >= 15 is 0 Å². The maximum absolute atomic E-state index is 4.68.